The van der Waals surface area contributed by atoms with Crippen LogP contribution in [0.1, 0.15) is 38.8 Å². The Balaban J connectivity index is 2.19. The zero-order valence-electron chi connectivity index (χ0n) is 16.1. The van der Waals surface area contributed by atoms with E-state index in [1.807, 2.05) is 16.7 Å². The van der Waals surface area contributed by atoms with Gasteiger partial charge in [0, 0.05) is 19.2 Å². The van der Waals surface area contributed by atoms with Gasteiger partial charge in [-0.1, -0.05) is 39.8 Å². The molecule has 2 aromatic heterocycles. The number of hydrogen-bond acceptors (Lipinski definition) is 2. The Morgan fingerprint density at radius 3 is 2.48 bits per heavy atom. The molecule has 0 fully saturated rings. The molecule has 0 radical (unpaired) electrons. The number of hydrogen-bond donors (Lipinski definition) is 0. The first-order valence-corrected chi connectivity index (χ1v) is 8.87. The number of nitrogens with zero attached hydrogens (tertiary/aromatic N) is 3. The van der Waals surface area contributed by atoms with Gasteiger partial charge in [0.2, 0.25) is 0 Å². The van der Waals surface area contributed by atoms with Gasteiger partial charge < -0.3 is 0 Å². The number of fused-ring (bicyclic) bond motifs is 1. The van der Waals surface area contributed by atoms with E-state index < -0.39 is 0 Å². The first-order valence-electron chi connectivity index (χ1n) is 8.87. The van der Waals surface area contributed by atoms with Crippen LogP contribution in [0, 0.1) is 12.3 Å². The molecule has 0 unspecified atom stereocenters. The molecule has 0 N–H and O–H groups in total. The zero-order valence-corrected chi connectivity index (χ0v) is 16.1. The van der Waals surface area contributed by atoms with Crippen molar-refractivity contribution in [2.45, 2.75) is 47.6 Å². The third-order valence-electron chi connectivity index (χ3n) is 4.60. The van der Waals surface area contributed by atoms with Crippen LogP contribution in [0.25, 0.3) is 22.4 Å². The lowest BCUT2D eigenvalue weighted by molar-refractivity contribution is 0.342. The number of rotatable bonds is 3. The van der Waals surface area contributed by atoms with Crippen molar-refractivity contribution in [1.29, 1.82) is 0 Å². The third kappa shape index (κ3) is 3.26. The maximum Gasteiger partial charge on any atom is 0.330 e. The summed E-state index contributed by atoms with van der Waals surface area (Å²) in [6, 6.07) is 10.6. The molecule has 2 heterocycles. The summed E-state index contributed by atoms with van der Waals surface area (Å²) >= 11 is 0. The normalized spacial score (nSPS) is 12.1. The summed E-state index contributed by atoms with van der Waals surface area (Å²) < 4.78 is 3.49. The number of benzene rings is 1. The molecule has 0 aliphatic rings. The highest BCUT2D eigenvalue weighted by Gasteiger charge is 2.19. The Morgan fingerprint density at radius 2 is 1.84 bits per heavy atom. The third-order valence-corrected chi connectivity index (χ3v) is 4.60. The number of aryl methyl sites for hydroxylation is 3. The van der Waals surface area contributed by atoms with Gasteiger partial charge in [-0.2, -0.15) is 0 Å². The number of imidazole rings is 1. The van der Waals surface area contributed by atoms with Crippen molar-refractivity contribution in [1.82, 2.24) is 14.1 Å². The fourth-order valence-electron chi connectivity index (χ4n) is 3.22. The molecule has 3 aromatic rings. The Bertz CT molecular complexity index is 987. The zero-order chi connectivity index (χ0) is 18.4. The van der Waals surface area contributed by atoms with Crippen molar-refractivity contribution in [3.05, 3.63) is 51.9 Å². The van der Waals surface area contributed by atoms with E-state index in [0.717, 1.165) is 28.8 Å². The van der Waals surface area contributed by atoms with Crippen molar-refractivity contribution in [3.63, 3.8) is 0 Å². The summed E-state index contributed by atoms with van der Waals surface area (Å²) in [6.07, 6.45) is 0.996. The van der Waals surface area contributed by atoms with E-state index >= 15 is 0 Å². The minimum atomic E-state index is -0.00592. The first-order chi connectivity index (χ1) is 11.7. The second kappa shape index (κ2) is 6.17. The average molecular weight is 337 g/mol. The van der Waals surface area contributed by atoms with E-state index in [9.17, 15) is 4.79 Å². The highest BCUT2D eigenvalue weighted by molar-refractivity contribution is 5.77. The highest BCUT2D eigenvalue weighted by atomic mass is 16.1. The van der Waals surface area contributed by atoms with E-state index in [1.165, 1.54) is 11.1 Å². The summed E-state index contributed by atoms with van der Waals surface area (Å²) in [5.74, 6) is 0. The van der Waals surface area contributed by atoms with Crippen LogP contribution in [0.15, 0.2) is 35.1 Å². The van der Waals surface area contributed by atoms with Crippen LogP contribution in [-0.4, -0.2) is 14.1 Å². The van der Waals surface area contributed by atoms with Crippen LogP contribution in [0.5, 0.6) is 0 Å². The van der Waals surface area contributed by atoms with Gasteiger partial charge >= 0.3 is 5.69 Å². The Labute approximate surface area is 149 Å². The minimum Gasteiger partial charge on any atom is -0.290 e. The molecule has 132 valence electrons. The van der Waals surface area contributed by atoms with Gasteiger partial charge in [0.25, 0.3) is 0 Å². The molecule has 4 heteroatoms. The van der Waals surface area contributed by atoms with Crippen LogP contribution < -0.4 is 5.69 Å². The van der Waals surface area contributed by atoms with Crippen molar-refractivity contribution in [2.24, 2.45) is 12.5 Å². The van der Waals surface area contributed by atoms with Gasteiger partial charge in [0.05, 0.1) is 11.2 Å². The molecule has 1 aromatic carbocycles. The maximum atomic E-state index is 12.7. The summed E-state index contributed by atoms with van der Waals surface area (Å²) in [7, 11) is 1.80. The predicted octanol–water partition coefficient (Wildman–Crippen LogP) is 4.32. The molecule has 25 heavy (non-hydrogen) atoms. The van der Waals surface area contributed by atoms with E-state index in [4.69, 9.17) is 4.98 Å². The van der Waals surface area contributed by atoms with E-state index in [0.29, 0.717) is 6.54 Å². The summed E-state index contributed by atoms with van der Waals surface area (Å²) in [5, 5.41) is 0. The van der Waals surface area contributed by atoms with E-state index in [-0.39, 0.29) is 11.1 Å². The van der Waals surface area contributed by atoms with Gasteiger partial charge in [0.15, 0.2) is 5.65 Å². The monoisotopic (exact) mass is 337 g/mol. The molecule has 0 saturated heterocycles. The Kier molecular flexibility index (Phi) is 4.31. The lowest BCUT2D eigenvalue weighted by atomic mass is 9.97. The van der Waals surface area contributed by atoms with Gasteiger partial charge in [-0.3, -0.25) is 9.13 Å². The molecular weight excluding hydrogens is 310 g/mol. The standard InChI is InChI=1S/C21H27N3O/c1-7-15-9-8-14(2)16(12-15)17-10-11-18-19(22-17)23(6)20(25)24(18)13-21(3,4)5/h8-12H,7,13H2,1-6H3. The van der Waals surface area contributed by atoms with E-state index in [2.05, 4.69) is 52.8 Å². The molecule has 0 aliphatic heterocycles. The van der Waals surface area contributed by atoms with Gasteiger partial charge in [-0.25, -0.2) is 9.78 Å². The summed E-state index contributed by atoms with van der Waals surface area (Å²) in [5.41, 5.74) is 6.21. The maximum absolute atomic E-state index is 12.7. The minimum absolute atomic E-state index is 0.00592. The number of aromatic nitrogens is 3. The molecule has 0 atom stereocenters. The molecule has 3 rings (SSSR count). The van der Waals surface area contributed by atoms with Gasteiger partial charge in [-0.05, 0) is 48.1 Å². The molecule has 0 saturated carbocycles. The molecule has 0 bridgehead atoms. The Hall–Kier alpha value is -2.36. The van der Waals surface area contributed by atoms with Crippen molar-refractivity contribution < 1.29 is 0 Å². The largest absolute Gasteiger partial charge is 0.330 e. The lowest BCUT2D eigenvalue weighted by Crippen LogP contribution is -2.27. The molecular formula is C21H27N3O. The summed E-state index contributed by atoms with van der Waals surface area (Å²) in [4.78, 5) is 17.5. The second-order valence-electron chi connectivity index (χ2n) is 8.03. The quantitative estimate of drug-likeness (QED) is 0.714. The van der Waals surface area contributed by atoms with Gasteiger partial charge in [-0.15, -0.1) is 0 Å². The van der Waals surface area contributed by atoms with Crippen LogP contribution in [0.2, 0.25) is 0 Å². The Morgan fingerprint density at radius 1 is 1.12 bits per heavy atom. The van der Waals surface area contributed by atoms with Gasteiger partial charge in [0.1, 0.15) is 0 Å². The lowest BCUT2D eigenvalue weighted by Gasteiger charge is -2.18. The average Bonchev–Trinajstić information content (AvgIpc) is 2.78. The fourth-order valence-corrected chi connectivity index (χ4v) is 3.22. The first kappa shape index (κ1) is 17.5. The van der Waals surface area contributed by atoms with Crippen LogP contribution in [-0.2, 0) is 20.0 Å². The topological polar surface area (TPSA) is 39.8 Å². The van der Waals surface area contributed by atoms with E-state index in [1.54, 1.807) is 11.6 Å². The SMILES string of the molecule is CCc1ccc(C)c(-c2ccc3c(n2)n(C)c(=O)n3CC(C)(C)C)c1. The van der Waals surface area contributed by atoms with Crippen LogP contribution in [0.3, 0.4) is 0 Å². The molecule has 0 aliphatic carbocycles. The van der Waals surface area contributed by atoms with Crippen molar-refractivity contribution >= 4 is 11.2 Å². The summed E-state index contributed by atoms with van der Waals surface area (Å²) in [6.45, 7) is 11.3. The van der Waals surface area contributed by atoms with Crippen LogP contribution >= 0.6 is 0 Å². The number of pyridine rings is 1. The van der Waals surface area contributed by atoms with Crippen LogP contribution in [0.4, 0.5) is 0 Å². The smallest absolute Gasteiger partial charge is 0.290 e. The second-order valence-corrected chi connectivity index (χ2v) is 8.03. The molecule has 0 spiro atoms. The molecule has 4 nitrogen and oxygen atoms in total. The van der Waals surface area contributed by atoms with Crippen molar-refractivity contribution in [3.8, 4) is 11.3 Å². The molecule has 0 amide bonds. The van der Waals surface area contributed by atoms with Crippen molar-refractivity contribution in [2.75, 3.05) is 0 Å². The predicted molar refractivity (Wildman–Crippen MR) is 104 cm³/mol. The highest BCUT2D eigenvalue weighted by Crippen LogP contribution is 2.26. The fraction of sp³-hybridized carbons (Fsp3) is 0.429.